The fraction of sp³-hybridized carbons (Fsp3) is 0.400. The van der Waals surface area contributed by atoms with E-state index in [1.54, 1.807) is 6.07 Å². The van der Waals surface area contributed by atoms with Gasteiger partial charge in [-0.05, 0) is 23.6 Å². The van der Waals surface area contributed by atoms with E-state index in [9.17, 15) is 4.39 Å². The third kappa shape index (κ3) is 2.42. The minimum absolute atomic E-state index is 0.133. The maximum atomic E-state index is 13.0. The van der Waals surface area contributed by atoms with Crippen LogP contribution in [-0.4, -0.2) is 0 Å². The van der Waals surface area contributed by atoms with Gasteiger partial charge in [0.05, 0.1) is 5.02 Å². The third-order valence-corrected chi connectivity index (χ3v) is 2.35. The SMILES string of the molecule is CC(C)C(N)c1ccc(Cl)c(F)c1. The van der Waals surface area contributed by atoms with E-state index >= 15 is 0 Å². The van der Waals surface area contributed by atoms with Crippen molar-refractivity contribution in [3.05, 3.63) is 34.6 Å². The van der Waals surface area contributed by atoms with Gasteiger partial charge < -0.3 is 5.73 Å². The molecule has 0 aliphatic carbocycles. The lowest BCUT2D eigenvalue weighted by molar-refractivity contribution is 0.510. The smallest absolute Gasteiger partial charge is 0.142 e. The minimum atomic E-state index is -0.407. The summed E-state index contributed by atoms with van der Waals surface area (Å²) < 4.78 is 13.0. The van der Waals surface area contributed by atoms with Gasteiger partial charge in [0, 0.05) is 6.04 Å². The molecule has 13 heavy (non-hydrogen) atoms. The molecule has 2 N–H and O–H groups in total. The quantitative estimate of drug-likeness (QED) is 0.782. The summed E-state index contributed by atoms with van der Waals surface area (Å²) in [6, 6.07) is 4.56. The highest BCUT2D eigenvalue weighted by Gasteiger charge is 2.11. The second-order valence-corrected chi connectivity index (χ2v) is 3.85. The van der Waals surface area contributed by atoms with Crippen molar-refractivity contribution < 1.29 is 4.39 Å². The van der Waals surface area contributed by atoms with Crippen LogP contribution in [0.5, 0.6) is 0 Å². The van der Waals surface area contributed by atoms with Crippen LogP contribution in [-0.2, 0) is 0 Å². The molecule has 0 saturated heterocycles. The van der Waals surface area contributed by atoms with Gasteiger partial charge in [-0.2, -0.15) is 0 Å². The van der Waals surface area contributed by atoms with Gasteiger partial charge >= 0.3 is 0 Å². The summed E-state index contributed by atoms with van der Waals surface area (Å²) in [4.78, 5) is 0. The Hall–Kier alpha value is -0.600. The Morgan fingerprint density at radius 2 is 2.00 bits per heavy atom. The Morgan fingerprint density at radius 1 is 1.38 bits per heavy atom. The molecule has 1 aromatic carbocycles. The molecule has 0 radical (unpaired) electrons. The largest absolute Gasteiger partial charge is 0.324 e. The predicted octanol–water partition coefficient (Wildman–Crippen LogP) is 3.13. The maximum absolute atomic E-state index is 13.0. The standard InChI is InChI=1S/C10H13ClFN/c1-6(2)10(13)7-3-4-8(11)9(12)5-7/h3-6,10H,13H2,1-2H3. The summed E-state index contributed by atoms with van der Waals surface area (Å²) in [5, 5.41) is 0.139. The number of nitrogens with two attached hydrogens (primary N) is 1. The molecule has 3 heteroatoms. The van der Waals surface area contributed by atoms with E-state index < -0.39 is 5.82 Å². The summed E-state index contributed by atoms with van der Waals surface area (Å²) in [5.74, 6) is -0.115. The monoisotopic (exact) mass is 201 g/mol. The first-order valence-corrected chi connectivity index (χ1v) is 4.60. The Kier molecular flexibility index (Phi) is 3.28. The van der Waals surface area contributed by atoms with Crippen molar-refractivity contribution in [1.82, 2.24) is 0 Å². The topological polar surface area (TPSA) is 26.0 Å². The van der Waals surface area contributed by atoms with Crippen molar-refractivity contribution in [3.8, 4) is 0 Å². The van der Waals surface area contributed by atoms with Crippen LogP contribution in [0.3, 0.4) is 0 Å². The van der Waals surface area contributed by atoms with E-state index in [4.69, 9.17) is 17.3 Å². The van der Waals surface area contributed by atoms with E-state index in [0.29, 0.717) is 5.92 Å². The Balaban J connectivity index is 2.97. The molecule has 1 nitrogen and oxygen atoms in total. The molecule has 0 aliphatic rings. The highest BCUT2D eigenvalue weighted by atomic mass is 35.5. The summed E-state index contributed by atoms with van der Waals surface area (Å²) in [5.41, 5.74) is 6.64. The van der Waals surface area contributed by atoms with Crippen LogP contribution >= 0.6 is 11.6 Å². The second-order valence-electron chi connectivity index (χ2n) is 3.44. The Bertz CT molecular complexity index is 299. The molecule has 1 atom stereocenters. The molecule has 0 aliphatic heterocycles. The zero-order chi connectivity index (χ0) is 10.0. The lowest BCUT2D eigenvalue weighted by Gasteiger charge is -2.15. The first kappa shape index (κ1) is 10.5. The van der Waals surface area contributed by atoms with Crippen LogP contribution in [0.25, 0.3) is 0 Å². The van der Waals surface area contributed by atoms with Crippen molar-refractivity contribution in [3.63, 3.8) is 0 Å². The first-order valence-electron chi connectivity index (χ1n) is 4.23. The summed E-state index contributed by atoms with van der Waals surface area (Å²) in [6.07, 6.45) is 0. The Labute approximate surface area is 82.7 Å². The molecule has 0 spiro atoms. The van der Waals surface area contributed by atoms with Crippen molar-refractivity contribution in [1.29, 1.82) is 0 Å². The van der Waals surface area contributed by atoms with Gasteiger partial charge in [-0.3, -0.25) is 0 Å². The van der Waals surface area contributed by atoms with Crippen molar-refractivity contribution in [2.75, 3.05) is 0 Å². The average Bonchev–Trinajstić information content (AvgIpc) is 2.08. The molecule has 0 aromatic heterocycles. The molecule has 1 aromatic rings. The van der Waals surface area contributed by atoms with Gasteiger partial charge in [0.2, 0.25) is 0 Å². The lowest BCUT2D eigenvalue weighted by Crippen LogP contribution is -2.16. The number of hydrogen-bond acceptors (Lipinski definition) is 1. The van der Waals surface area contributed by atoms with E-state index in [1.165, 1.54) is 12.1 Å². The van der Waals surface area contributed by atoms with Gasteiger partial charge in [0.15, 0.2) is 0 Å². The number of halogens is 2. The van der Waals surface area contributed by atoms with Crippen LogP contribution in [0.1, 0.15) is 25.5 Å². The zero-order valence-corrected chi connectivity index (χ0v) is 8.48. The van der Waals surface area contributed by atoms with Crippen LogP contribution in [0.2, 0.25) is 5.02 Å². The molecule has 72 valence electrons. The summed E-state index contributed by atoms with van der Waals surface area (Å²) >= 11 is 5.55. The van der Waals surface area contributed by atoms with E-state index in [2.05, 4.69) is 0 Å². The molecule has 0 amide bonds. The highest BCUT2D eigenvalue weighted by molar-refractivity contribution is 6.30. The highest BCUT2D eigenvalue weighted by Crippen LogP contribution is 2.22. The molecular weight excluding hydrogens is 189 g/mol. The van der Waals surface area contributed by atoms with Gasteiger partial charge in [-0.1, -0.05) is 31.5 Å². The molecule has 1 unspecified atom stereocenters. The molecule has 0 heterocycles. The zero-order valence-electron chi connectivity index (χ0n) is 7.72. The van der Waals surface area contributed by atoms with Crippen LogP contribution in [0.15, 0.2) is 18.2 Å². The average molecular weight is 202 g/mol. The molecule has 0 fully saturated rings. The van der Waals surface area contributed by atoms with E-state index in [-0.39, 0.29) is 11.1 Å². The predicted molar refractivity (Wildman–Crippen MR) is 53.2 cm³/mol. The van der Waals surface area contributed by atoms with Crippen molar-refractivity contribution in [2.45, 2.75) is 19.9 Å². The maximum Gasteiger partial charge on any atom is 0.142 e. The molecule has 0 bridgehead atoms. The number of hydrogen-bond donors (Lipinski definition) is 1. The third-order valence-electron chi connectivity index (χ3n) is 2.05. The van der Waals surface area contributed by atoms with E-state index in [1.807, 2.05) is 13.8 Å². The van der Waals surface area contributed by atoms with Crippen LogP contribution < -0.4 is 5.73 Å². The fourth-order valence-electron chi connectivity index (χ4n) is 1.10. The van der Waals surface area contributed by atoms with Crippen LogP contribution in [0, 0.1) is 11.7 Å². The van der Waals surface area contributed by atoms with Gasteiger partial charge in [-0.15, -0.1) is 0 Å². The fourth-order valence-corrected chi connectivity index (χ4v) is 1.22. The normalized spacial score (nSPS) is 13.4. The Morgan fingerprint density at radius 3 is 2.46 bits per heavy atom. The van der Waals surface area contributed by atoms with Gasteiger partial charge in [0.1, 0.15) is 5.82 Å². The molecule has 1 rings (SSSR count). The molecule has 0 saturated carbocycles. The van der Waals surface area contributed by atoms with Gasteiger partial charge in [0.25, 0.3) is 0 Å². The number of rotatable bonds is 2. The minimum Gasteiger partial charge on any atom is -0.324 e. The first-order chi connectivity index (χ1) is 6.02. The summed E-state index contributed by atoms with van der Waals surface area (Å²) in [6.45, 7) is 3.99. The van der Waals surface area contributed by atoms with E-state index in [0.717, 1.165) is 5.56 Å². The lowest BCUT2D eigenvalue weighted by atomic mass is 9.97. The van der Waals surface area contributed by atoms with Gasteiger partial charge in [-0.25, -0.2) is 4.39 Å². The van der Waals surface area contributed by atoms with Crippen LogP contribution in [0.4, 0.5) is 4.39 Å². The second kappa shape index (κ2) is 4.07. The summed E-state index contributed by atoms with van der Waals surface area (Å²) in [7, 11) is 0. The number of benzene rings is 1. The molecular formula is C10H13ClFN. The van der Waals surface area contributed by atoms with Crippen molar-refractivity contribution in [2.24, 2.45) is 11.7 Å². The van der Waals surface area contributed by atoms with Crippen molar-refractivity contribution >= 4 is 11.6 Å².